The van der Waals surface area contributed by atoms with E-state index in [4.69, 9.17) is 0 Å². The van der Waals surface area contributed by atoms with Crippen molar-refractivity contribution in [1.29, 1.82) is 0 Å². The third-order valence-corrected chi connectivity index (χ3v) is 4.57. The molecule has 0 spiro atoms. The summed E-state index contributed by atoms with van der Waals surface area (Å²) in [6, 6.07) is 3.07. The van der Waals surface area contributed by atoms with Crippen molar-refractivity contribution < 1.29 is 9.90 Å². The summed E-state index contributed by atoms with van der Waals surface area (Å²) in [5.74, 6) is 0.455. The van der Waals surface area contributed by atoms with Gasteiger partial charge in [-0.15, -0.1) is 0 Å². The minimum atomic E-state index is -0.615. The van der Waals surface area contributed by atoms with E-state index in [1.54, 1.807) is 24.5 Å². The number of pyridine rings is 1. The monoisotopic (exact) mass is 370 g/mol. The van der Waals surface area contributed by atoms with Gasteiger partial charge in [0.25, 0.3) is 5.91 Å². The topological polar surface area (TPSA) is 103 Å². The maximum atomic E-state index is 12.3. The third kappa shape index (κ3) is 5.45. The SMILES string of the molecule is CCCNc1ncc(CN2CC[C@@H](NC(=O)c3ccncc3)[C@H](O)C2)cn1. The maximum Gasteiger partial charge on any atom is 0.251 e. The van der Waals surface area contributed by atoms with Crippen LogP contribution in [0.25, 0.3) is 0 Å². The van der Waals surface area contributed by atoms with E-state index >= 15 is 0 Å². The lowest BCUT2D eigenvalue weighted by molar-refractivity contribution is 0.0349. The van der Waals surface area contributed by atoms with E-state index in [-0.39, 0.29) is 11.9 Å². The molecule has 0 aliphatic carbocycles. The van der Waals surface area contributed by atoms with Crippen molar-refractivity contribution in [3.8, 4) is 0 Å². The largest absolute Gasteiger partial charge is 0.390 e. The van der Waals surface area contributed by atoms with Crippen LogP contribution in [0.5, 0.6) is 0 Å². The van der Waals surface area contributed by atoms with Gasteiger partial charge in [0.1, 0.15) is 0 Å². The lowest BCUT2D eigenvalue weighted by atomic mass is 10.0. The van der Waals surface area contributed by atoms with E-state index in [0.717, 1.165) is 25.1 Å². The highest BCUT2D eigenvalue weighted by atomic mass is 16.3. The number of nitrogens with one attached hydrogen (secondary N) is 2. The number of likely N-dealkylation sites (tertiary alicyclic amines) is 1. The zero-order valence-electron chi connectivity index (χ0n) is 15.5. The van der Waals surface area contributed by atoms with Gasteiger partial charge in [-0.05, 0) is 25.0 Å². The fourth-order valence-corrected chi connectivity index (χ4v) is 3.09. The number of nitrogens with zero attached hydrogens (tertiary/aromatic N) is 4. The molecule has 2 atom stereocenters. The summed E-state index contributed by atoms with van der Waals surface area (Å²) in [5, 5.41) is 16.5. The predicted octanol–water partition coefficient (Wildman–Crippen LogP) is 1.06. The second kappa shape index (κ2) is 9.38. The fourth-order valence-electron chi connectivity index (χ4n) is 3.09. The lowest BCUT2D eigenvalue weighted by Crippen LogP contribution is -2.53. The van der Waals surface area contributed by atoms with Crippen LogP contribution in [-0.4, -0.2) is 62.6 Å². The van der Waals surface area contributed by atoms with E-state index < -0.39 is 6.10 Å². The van der Waals surface area contributed by atoms with E-state index in [0.29, 0.717) is 31.0 Å². The van der Waals surface area contributed by atoms with Gasteiger partial charge in [-0.3, -0.25) is 14.7 Å². The molecular weight excluding hydrogens is 344 g/mol. The Morgan fingerprint density at radius 3 is 2.70 bits per heavy atom. The zero-order chi connectivity index (χ0) is 19.1. The highest BCUT2D eigenvalue weighted by Crippen LogP contribution is 2.15. The first-order valence-electron chi connectivity index (χ1n) is 9.32. The number of piperidine rings is 1. The number of carbonyl (C=O) groups is 1. The molecule has 3 heterocycles. The number of carbonyl (C=O) groups excluding carboxylic acids is 1. The zero-order valence-corrected chi connectivity index (χ0v) is 15.5. The quantitative estimate of drug-likeness (QED) is 0.669. The van der Waals surface area contributed by atoms with E-state index in [9.17, 15) is 9.90 Å². The normalized spacial score (nSPS) is 20.2. The van der Waals surface area contributed by atoms with Gasteiger partial charge >= 0.3 is 0 Å². The molecular formula is C19H26N6O2. The lowest BCUT2D eigenvalue weighted by Gasteiger charge is -2.36. The van der Waals surface area contributed by atoms with Crippen molar-refractivity contribution in [3.05, 3.63) is 48.0 Å². The number of aliphatic hydroxyl groups is 1. The fraction of sp³-hybridized carbons (Fsp3) is 0.474. The van der Waals surface area contributed by atoms with Gasteiger partial charge in [-0.25, -0.2) is 9.97 Å². The van der Waals surface area contributed by atoms with Gasteiger partial charge in [0.15, 0.2) is 0 Å². The molecule has 0 unspecified atom stereocenters. The van der Waals surface area contributed by atoms with Crippen molar-refractivity contribution in [3.63, 3.8) is 0 Å². The minimum absolute atomic E-state index is 0.182. The number of hydrogen-bond donors (Lipinski definition) is 3. The van der Waals surface area contributed by atoms with Gasteiger partial charge in [0.2, 0.25) is 5.95 Å². The molecule has 0 radical (unpaired) electrons. The highest BCUT2D eigenvalue weighted by molar-refractivity contribution is 5.94. The standard InChI is InChI=1S/C19H26N6O2/c1-2-6-21-19-22-10-14(11-23-19)12-25-9-5-16(17(26)13-25)24-18(27)15-3-7-20-8-4-15/h3-4,7-8,10-11,16-17,26H,2,5-6,9,12-13H2,1H3,(H,24,27)(H,21,22,23)/t16-,17-/m1/s1. The van der Waals surface area contributed by atoms with Crippen LogP contribution < -0.4 is 10.6 Å². The molecule has 0 saturated carbocycles. The van der Waals surface area contributed by atoms with Crippen molar-refractivity contribution >= 4 is 11.9 Å². The Kier molecular flexibility index (Phi) is 6.67. The molecule has 3 N–H and O–H groups in total. The summed E-state index contributed by atoms with van der Waals surface area (Å²) in [6.07, 6.45) is 7.89. The van der Waals surface area contributed by atoms with Crippen LogP contribution in [0.4, 0.5) is 5.95 Å². The van der Waals surface area contributed by atoms with Crippen LogP contribution in [0.2, 0.25) is 0 Å². The van der Waals surface area contributed by atoms with E-state index in [2.05, 4.69) is 37.4 Å². The number of hydrogen-bond acceptors (Lipinski definition) is 7. The average Bonchev–Trinajstić information content (AvgIpc) is 2.70. The van der Waals surface area contributed by atoms with Crippen LogP contribution >= 0.6 is 0 Å². The molecule has 0 bridgehead atoms. The van der Waals surface area contributed by atoms with Crippen LogP contribution in [-0.2, 0) is 6.54 Å². The summed E-state index contributed by atoms with van der Waals surface area (Å²) in [5.41, 5.74) is 1.55. The highest BCUT2D eigenvalue weighted by Gasteiger charge is 2.29. The summed E-state index contributed by atoms with van der Waals surface area (Å²) in [4.78, 5) is 26.9. The van der Waals surface area contributed by atoms with Crippen molar-refractivity contribution in [1.82, 2.24) is 25.2 Å². The van der Waals surface area contributed by atoms with Crippen molar-refractivity contribution in [2.75, 3.05) is 25.0 Å². The number of amides is 1. The van der Waals surface area contributed by atoms with Crippen molar-refractivity contribution in [2.24, 2.45) is 0 Å². The van der Waals surface area contributed by atoms with Crippen LogP contribution in [0.3, 0.4) is 0 Å². The Bertz CT molecular complexity index is 725. The molecule has 1 aliphatic rings. The third-order valence-electron chi connectivity index (χ3n) is 4.57. The molecule has 8 heteroatoms. The second-order valence-electron chi connectivity index (χ2n) is 6.75. The van der Waals surface area contributed by atoms with Crippen molar-refractivity contribution in [2.45, 2.75) is 38.5 Å². The molecule has 1 aliphatic heterocycles. The Labute approximate surface area is 159 Å². The molecule has 1 saturated heterocycles. The number of aliphatic hydroxyl groups excluding tert-OH is 1. The van der Waals surface area contributed by atoms with E-state index in [1.807, 2.05) is 12.4 Å². The number of β-amino-alcohol motifs (C(OH)–C–C–N with tert-alkyl or cyclic N) is 1. The van der Waals surface area contributed by atoms with Crippen LogP contribution in [0, 0.1) is 0 Å². The molecule has 144 valence electrons. The summed E-state index contributed by atoms with van der Waals surface area (Å²) in [7, 11) is 0. The van der Waals surface area contributed by atoms with Gasteiger partial charge in [0.05, 0.1) is 12.1 Å². The Hall–Kier alpha value is -2.58. The second-order valence-corrected chi connectivity index (χ2v) is 6.75. The number of aromatic nitrogens is 3. The number of rotatable bonds is 7. The van der Waals surface area contributed by atoms with Gasteiger partial charge < -0.3 is 15.7 Å². The average molecular weight is 370 g/mol. The smallest absolute Gasteiger partial charge is 0.251 e. The molecule has 0 aromatic carbocycles. The molecule has 1 amide bonds. The Balaban J connectivity index is 1.49. The summed E-state index contributed by atoms with van der Waals surface area (Å²) >= 11 is 0. The first-order chi connectivity index (χ1) is 13.2. The first kappa shape index (κ1) is 19.2. The molecule has 3 rings (SSSR count). The number of anilines is 1. The molecule has 1 fully saturated rings. The predicted molar refractivity (Wildman–Crippen MR) is 102 cm³/mol. The summed E-state index contributed by atoms with van der Waals surface area (Å²) < 4.78 is 0. The summed E-state index contributed by atoms with van der Waals surface area (Å²) in [6.45, 7) is 4.90. The molecule has 2 aromatic rings. The van der Waals surface area contributed by atoms with Gasteiger partial charge in [0, 0.05) is 62.1 Å². The molecule has 27 heavy (non-hydrogen) atoms. The maximum absolute atomic E-state index is 12.3. The van der Waals surface area contributed by atoms with E-state index in [1.165, 1.54) is 0 Å². The first-order valence-corrected chi connectivity index (χ1v) is 9.32. The minimum Gasteiger partial charge on any atom is -0.390 e. The molecule has 2 aromatic heterocycles. The van der Waals surface area contributed by atoms with Gasteiger partial charge in [-0.2, -0.15) is 0 Å². The van der Waals surface area contributed by atoms with Gasteiger partial charge in [-0.1, -0.05) is 6.92 Å². The molecule has 8 nitrogen and oxygen atoms in total. The Morgan fingerprint density at radius 2 is 2.04 bits per heavy atom. The Morgan fingerprint density at radius 1 is 1.30 bits per heavy atom. The van der Waals surface area contributed by atoms with Crippen LogP contribution in [0.1, 0.15) is 35.7 Å². The van der Waals surface area contributed by atoms with Crippen LogP contribution in [0.15, 0.2) is 36.9 Å².